The first-order valence-corrected chi connectivity index (χ1v) is 6.90. The highest BCUT2D eigenvalue weighted by Crippen LogP contribution is 2.13. The average Bonchev–Trinajstić information content (AvgIpc) is 2.85. The Morgan fingerprint density at radius 2 is 2.00 bits per heavy atom. The van der Waals surface area contributed by atoms with Crippen LogP contribution in [0.3, 0.4) is 0 Å². The molecule has 0 spiro atoms. The molecule has 3 rings (SSSR count). The lowest BCUT2D eigenvalue weighted by molar-refractivity contribution is 0.240. The molecule has 1 aliphatic heterocycles. The van der Waals surface area contributed by atoms with Gasteiger partial charge in [0.15, 0.2) is 0 Å². The van der Waals surface area contributed by atoms with Crippen molar-refractivity contribution in [2.45, 2.75) is 20.4 Å². The zero-order valence-electron chi connectivity index (χ0n) is 11.9. The quantitative estimate of drug-likeness (QED) is 0.842. The smallest absolute Gasteiger partial charge is 0.225 e. The molecule has 20 heavy (non-hydrogen) atoms. The van der Waals surface area contributed by atoms with Crippen LogP contribution in [0.2, 0.25) is 0 Å². The molecule has 1 saturated heterocycles. The van der Waals surface area contributed by atoms with E-state index in [1.165, 1.54) is 0 Å². The Hall–Kier alpha value is -1.95. The minimum atomic E-state index is 0.835. The van der Waals surface area contributed by atoms with Crippen LogP contribution in [-0.2, 0) is 6.54 Å². The predicted molar refractivity (Wildman–Crippen MR) is 75.5 cm³/mol. The lowest BCUT2D eigenvalue weighted by Crippen LogP contribution is -2.46. The Labute approximate surface area is 118 Å². The van der Waals surface area contributed by atoms with Crippen molar-refractivity contribution in [2.75, 3.05) is 31.1 Å². The highest BCUT2D eigenvalue weighted by Gasteiger charge is 2.19. The number of aromatic nitrogens is 3. The molecule has 0 N–H and O–H groups in total. The standard InChI is InChI=1S/C14H19N5O/c1-11-3-4-15-14(16-11)19-7-5-18(6-8-19)10-13-9-12(2)20-17-13/h3-4,9H,5-8,10H2,1-2H3. The van der Waals surface area contributed by atoms with Gasteiger partial charge in [-0.15, -0.1) is 0 Å². The van der Waals surface area contributed by atoms with Gasteiger partial charge in [-0.05, 0) is 19.9 Å². The number of anilines is 1. The van der Waals surface area contributed by atoms with Gasteiger partial charge >= 0.3 is 0 Å². The van der Waals surface area contributed by atoms with Gasteiger partial charge in [-0.1, -0.05) is 5.16 Å². The van der Waals surface area contributed by atoms with E-state index < -0.39 is 0 Å². The minimum Gasteiger partial charge on any atom is -0.361 e. The normalized spacial score (nSPS) is 16.6. The molecule has 6 heteroatoms. The molecule has 2 aromatic rings. The maximum atomic E-state index is 5.10. The fraction of sp³-hybridized carbons (Fsp3) is 0.500. The van der Waals surface area contributed by atoms with Gasteiger partial charge in [0.2, 0.25) is 5.95 Å². The zero-order chi connectivity index (χ0) is 13.9. The van der Waals surface area contributed by atoms with Gasteiger partial charge in [-0.2, -0.15) is 0 Å². The summed E-state index contributed by atoms with van der Waals surface area (Å²) in [6.07, 6.45) is 1.82. The molecule has 0 bridgehead atoms. The van der Waals surface area contributed by atoms with Gasteiger partial charge < -0.3 is 9.42 Å². The van der Waals surface area contributed by atoms with Crippen molar-refractivity contribution in [2.24, 2.45) is 0 Å². The molecule has 0 unspecified atom stereocenters. The molecule has 0 aliphatic carbocycles. The number of rotatable bonds is 3. The summed E-state index contributed by atoms with van der Waals surface area (Å²) in [5.74, 6) is 1.70. The Bertz CT molecular complexity index is 574. The molecular weight excluding hydrogens is 254 g/mol. The first-order valence-electron chi connectivity index (χ1n) is 6.90. The summed E-state index contributed by atoms with van der Waals surface area (Å²) in [7, 11) is 0. The first-order chi connectivity index (χ1) is 9.70. The van der Waals surface area contributed by atoms with Crippen LogP contribution in [0.15, 0.2) is 22.9 Å². The lowest BCUT2D eigenvalue weighted by atomic mass is 10.3. The molecule has 0 radical (unpaired) electrons. The molecule has 1 fully saturated rings. The third kappa shape index (κ3) is 2.96. The summed E-state index contributed by atoms with van der Waals surface area (Å²) in [4.78, 5) is 13.4. The maximum absolute atomic E-state index is 5.10. The molecule has 0 atom stereocenters. The van der Waals surface area contributed by atoms with Crippen LogP contribution in [0.4, 0.5) is 5.95 Å². The Morgan fingerprint density at radius 1 is 1.20 bits per heavy atom. The van der Waals surface area contributed by atoms with E-state index in [9.17, 15) is 0 Å². The second kappa shape index (κ2) is 5.58. The first kappa shape index (κ1) is 13.1. The van der Waals surface area contributed by atoms with Crippen LogP contribution in [0.25, 0.3) is 0 Å². The third-order valence-electron chi connectivity index (χ3n) is 3.50. The van der Waals surface area contributed by atoms with E-state index in [1.54, 1.807) is 0 Å². The zero-order valence-corrected chi connectivity index (χ0v) is 11.9. The Kier molecular flexibility index (Phi) is 3.64. The predicted octanol–water partition coefficient (Wildman–Crippen LogP) is 1.40. The van der Waals surface area contributed by atoms with Crippen LogP contribution in [0.5, 0.6) is 0 Å². The topological polar surface area (TPSA) is 58.3 Å². The number of aryl methyl sites for hydroxylation is 2. The number of nitrogens with zero attached hydrogens (tertiary/aromatic N) is 5. The molecule has 0 aromatic carbocycles. The third-order valence-corrected chi connectivity index (χ3v) is 3.50. The molecular formula is C14H19N5O. The van der Waals surface area contributed by atoms with Gasteiger partial charge in [0.05, 0.1) is 5.69 Å². The summed E-state index contributed by atoms with van der Waals surface area (Å²) in [5.41, 5.74) is 2.01. The number of piperazine rings is 1. The van der Waals surface area contributed by atoms with Crippen molar-refractivity contribution < 1.29 is 4.52 Å². The van der Waals surface area contributed by atoms with Crippen molar-refractivity contribution in [3.63, 3.8) is 0 Å². The fourth-order valence-corrected chi connectivity index (χ4v) is 2.42. The SMILES string of the molecule is Cc1ccnc(N2CCN(Cc3cc(C)on3)CC2)n1. The van der Waals surface area contributed by atoms with Gasteiger partial charge in [0, 0.05) is 50.7 Å². The fourth-order valence-electron chi connectivity index (χ4n) is 2.42. The average molecular weight is 273 g/mol. The second-order valence-corrected chi connectivity index (χ2v) is 5.19. The second-order valence-electron chi connectivity index (χ2n) is 5.19. The van der Waals surface area contributed by atoms with Gasteiger partial charge in [-0.3, -0.25) is 4.90 Å². The van der Waals surface area contributed by atoms with E-state index in [1.807, 2.05) is 32.2 Å². The van der Waals surface area contributed by atoms with Crippen molar-refractivity contribution in [1.82, 2.24) is 20.0 Å². The molecule has 106 valence electrons. The highest BCUT2D eigenvalue weighted by molar-refractivity contribution is 5.30. The number of hydrogen-bond acceptors (Lipinski definition) is 6. The maximum Gasteiger partial charge on any atom is 0.225 e. The Morgan fingerprint density at radius 3 is 2.65 bits per heavy atom. The van der Waals surface area contributed by atoms with Crippen LogP contribution in [-0.4, -0.2) is 46.2 Å². The molecule has 3 heterocycles. The molecule has 0 amide bonds. The molecule has 1 aliphatic rings. The lowest BCUT2D eigenvalue weighted by Gasteiger charge is -2.34. The van der Waals surface area contributed by atoms with Gasteiger partial charge in [0.1, 0.15) is 5.76 Å². The van der Waals surface area contributed by atoms with Crippen molar-refractivity contribution in [3.05, 3.63) is 35.5 Å². The summed E-state index contributed by atoms with van der Waals surface area (Å²) in [6, 6.07) is 3.92. The monoisotopic (exact) mass is 273 g/mol. The van der Waals surface area contributed by atoms with E-state index in [0.717, 1.165) is 55.8 Å². The van der Waals surface area contributed by atoms with E-state index in [0.29, 0.717) is 0 Å². The molecule has 6 nitrogen and oxygen atoms in total. The van der Waals surface area contributed by atoms with Crippen LogP contribution >= 0.6 is 0 Å². The van der Waals surface area contributed by atoms with E-state index in [4.69, 9.17) is 4.52 Å². The van der Waals surface area contributed by atoms with E-state index in [2.05, 4.69) is 24.9 Å². The largest absolute Gasteiger partial charge is 0.361 e. The van der Waals surface area contributed by atoms with Gasteiger partial charge in [0.25, 0.3) is 0 Å². The van der Waals surface area contributed by atoms with Crippen LogP contribution in [0, 0.1) is 13.8 Å². The molecule has 0 saturated carbocycles. The van der Waals surface area contributed by atoms with Crippen LogP contribution < -0.4 is 4.90 Å². The summed E-state index contributed by atoms with van der Waals surface area (Å²) in [6.45, 7) is 8.63. The van der Waals surface area contributed by atoms with E-state index in [-0.39, 0.29) is 0 Å². The van der Waals surface area contributed by atoms with Crippen molar-refractivity contribution >= 4 is 5.95 Å². The minimum absolute atomic E-state index is 0.835. The molecule has 2 aromatic heterocycles. The summed E-state index contributed by atoms with van der Waals surface area (Å²) < 4.78 is 5.10. The van der Waals surface area contributed by atoms with E-state index >= 15 is 0 Å². The van der Waals surface area contributed by atoms with Crippen molar-refractivity contribution in [3.8, 4) is 0 Å². The summed E-state index contributed by atoms with van der Waals surface area (Å²) >= 11 is 0. The summed E-state index contributed by atoms with van der Waals surface area (Å²) in [5, 5.41) is 4.04. The van der Waals surface area contributed by atoms with Gasteiger partial charge in [-0.25, -0.2) is 9.97 Å². The Balaban J connectivity index is 1.57. The van der Waals surface area contributed by atoms with Crippen molar-refractivity contribution in [1.29, 1.82) is 0 Å². The highest BCUT2D eigenvalue weighted by atomic mass is 16.5. The van der Waals surface area contributed by atoms with Crippen LogP contribution in [0.1, 0.15) is 17.1 Å². The number of hydrogen-bond donors (Lipinski definition) is 0.